The molecule has 0 fully saturated rings. The Bertz CT molecular complexity index is 256. The Morgan fingerprint density at radius 3 is 1.06 bits per heavy atom. The number of alkyl halides is 10. The molecular formula is C6H4F10O. The van der Waals surface area contributed by atoms with Crippen molar-refractivity contribution in [3.05, 3.63) is 0 Å². The van der Waals surface area contributed by atoms with Gasteiger partial charge in [-0.3, -0.25) is 0 Å². The molecule has 0 aromatic heterocycles. The molecule has 0 aliphatic rings. The molecule has 1 unspecified atom stereocenters. The third-order valence-corrected chi connectivity index (χ3v) is 1.91. The number of rotatable bonds is 2. The van der Waals surface area contributed by atoms with Gasteiger partial charge in [-0.15, -0.1) is 0 Å². The lowest BCUT2D eigenvalue weighted by Gasteiger charge is -2.38. The minimum atomic E-state index is -7.03. The predicted octanol–water partition coefficient (Wildman–Crippen LogP) is 3.13. The molecule has 0 spiro atoms. The summed E-state index contributed by atoms with van der Waals surface area (Å²) in [7, 11) is 0. The Balaban J connectivity index is 5.73. The van der Waals surface area contributed by atoms with Gasteiger partial charge in [0.15, 0.2) is 0 Å². The summed E-state index contributed by atoms with van der Waals surface area (Å²) in [6.45, 7) is -0.868. The van der Waals surface area contributed by atoms with E-state index < -0.39 is 36.7 Å². The van der Waals surface area contributed by atoms with Crippen molar-refractivity contribution in [2.24, 2.45) is 0 Å². The zero-order valence-corrected chi connectivity index (χ0v) is 7.73. The summed E-state index contributed by atoms with van der Waals surface area (Å²) in [6.07, 6.45) is -13.3. The molecule has 0 bridgehead atoms. The van der Waals surface area contributed by atoms with Crippen molar-refractivity contribution in [1.29, 1.82) is 0 Å². The molecule has 0 aromatic carbocycles. The monoisotopic (exact) mass is 282 g/mol. The van der Waals surface area contributed by atoms with Gasteiger partial charge in [0.1, 0.15) is 0 Å². The van der Waals surface area contributed by atoms with Crippen LogP contribution in [0.3, 0.4) is 0 Å². The normalized spacial score (nSPS) is 19.1. The summed E-state index contributed by atoms with van der Waals surface area (Å²) in [4.78, 5) is 0. The maximum atomic E-state index is 12.5. The van der Waals surface area contributed by atoms with E-state index in [0.29, 0.717) is 0 Å². The first kappa shape index (κ1) is 16.3. The smallest absolute Gasteiger partial charge is 0.376 e. The fourth-order valence-corrected chi connectivity index (χ4v) is 0.662. The summed E-state index contributed by atoms with van der Waals surface area (Å²) in [5, 5.41) is 8.22. The lowest BCUT2D eigenvalue weighted by molar-refractivity contribution is -0.421. The minimum absolute atomic E-state index is 0.868. The third-order valence-electron chi connectivity index (χ3n) is 1.91. The molecule has 0 amide bonds. The second-order valence-electron chi connectivity index (χ2n) is 3.22. The van der Waals surface area contributed by atoms with E-state index in [9.17, 15) is 43.9 Å². The van der Waals surface area contributed by atoms with E-state index in [2.05, 4.69) is 0 Å². The molecule has 0 rings (SSSR count). The van der Waals surface area contributed by atoms with Gasteiger partial charge in [-0.1, -0.05) is 0 Å². The van der Waals surface area contributed by atoms with Gasteiger partial charge in [0.25, 0.3) is 0 Å². The molecule has 0 heterocycles. The highest BCUT2D eigenvalue weighted by Crippen LogP contribution is 2.54. The fourth-order valence-electron chi connectivity index (χ4n) is 0.662. The zero-order chi connectivity index (χ0) is 14.5. The second kappa shape index (κ2) is 3.62. The first-order valence-corrected chi connectivity index (χ1v) is 3.61. The van der Waals surface area contributed by atoms with Crippen LogP contribution >= 0.6 is 0 Å². The average molecular weight is 282 g/mol. The van der Waals surface area contributed by atoms with E-state index in [1.165, 1.54) is 0 Å². The first-order valence-electron chi connectivity index (χ1n) is 3.61. The molecule has 104 valence electrons. The van der Waals surface area contributed by atoms with Crippen LogP contribution in [-0.4, -0.2) is 34.9 Å². The topological polar surface area (TPSA) is 20.2 Å². The highest BCUT2D eigenvalue weighted by atomic mass is 19.4. The standard InChI is InChI=1S/C6H4F10O/c1-2(17,5(11,12)13)3(7,8)4(9,10)6(14,15)16/h17H,1H3. The Kier molecular flexibility index (Phi) is 3.47. The Hall–Kier alpha value is -0.740. The summed E-state index contributed by atoms with van der Waals surface area (Å²) in [5.74, 6) is -13.8. The van der Waals surface area contributed by atoms with E-state index in [1.807, 2.05) is 0 Å². The number of halogens is 10. The molecule has 1 nitrogen and oxygen atoms in total. The number of hydrogen-bond donors (Lipinski definition) is 1. The van der Waals surface area contributed by atoms with Gasteiger partial charge in [0.05, 0.1) is 0 Å². The van der Waals surface area contributed by atoms with Crippen LogP contribution in [-0.2, 0) is 0 Å². The molecule has 1 atom stereocenters. The molecule has 0 aliphatic heterocycles. The molecule has 0 saturated heterocycles. The van der Waals surface area contributed by atoms with Crippen LogP contribution in [0.2, 0.25) is 0 Å². The average Bonchev–Trinajstić information content (AvgIpc) is 1.98. The Morgan fingerprint density at radius 1 is 0.588 bits per heavy atom. The van der Waals surface area contributed by atoms with E-state index in [1.54, 1.807) is 0 Å². The lowest BCUT2D eigenvalue weighted by Crippen LogP contribution is -2.68. The Labute approximate surface area is 87.0 Å². The van der Waals surface area contributed by atoms with Gasteiger partial charge >= 0.3 is 24.2 Å². The van der Waals surface area contributed by atoms with Crippen LogP contribution in [0.1, 0.15) is 6.92 Å². The number of hydrogen-bond acceptors (Lipinski definition) is 1. The van der Waals surface area contributed by atoms with E-state index >= 15 is 0 Å². The largest absolute Gasteiger partial charge is 0.460 e. The molecule has 0 radical (unpaired) electrons. The van der Waals surface area contributed by atoms with Crippen molar-refractivity contribution in [1.82, 2.24) is 0 Å². The molecule has 0 aromatic rings. The van der Waals surface area contributed by atoms with Crippen molar-refractivity contribution in [3.8, 4) is 0 Å². The van der Waals surface area contributed by atoms with Gasteiger partial charge in [0, 0.05) is 0 Å². The molecule has 17 heavy (non-hydrogen) atoms. The van der Waals surface area contributed by atoms with Crippen LogP contribution in [0.25, 0.3) is 0 Å². The van der Waals surface area contributed by atoms with Crippen LogP contribution in [0, 0.1) is 0 Å². The lowest BCUT2D eigenvalue weighted by atomic mass is 9.91. The van der Waals surface area contributed by atoms with Crippen LogP contribution in [0.15, 0.2) is 0 Å². The van der Waals surface area contributed by atoms with Crippen LogP contribution < -0.4 is 0 Å². The molecule has 11 heteroatoms. The van der Waals surface area contributed by atoms with Crippen LogP contribution in [0.4, 0.5) is 43.9 Å². The van der Waals surface area contributed by atoms with Crippen molar-refractivity contribution in [2.75, 3.05) is 0 Å². The van der Waals surface area contributed by atoms with Crippen molar-refractivity contribution >= 4 is 0 Å². The SMILES string of the molecule is CC(O)(C(F)(F)F)C(F)(F)C(F)(F)C(F)(F)F. The van der Waals surface area contributed by atoms with Crippen molar-refractivity contribution < 1.29 is 49.0 Å². The zero-order valence-electron chi connectivity index (χ0n) is 7.73. The third kappa shape index (κ3) is 2.16. The minimum Gasteiger partial charge on any atom is -0.376 e. The summed E-state index contributed by atoms with van der Waals surface area (Å²) >= 11 is 0. The summed E-state index contributed by atoms with van der Waals surface area (Å²) in [5.41, 5.74) is -5.53. The molecule has 0 saturated carbocycles. The van der Waals surface area contributed by atoms with Gasteiger partial charge in [0.2, 0.25) is 5.60 Å². The van der Waals surface area contributed by atoms with E-state index in [4.69, 9.17) is 5.11 Å². The summed E-state index contributed by atoms with van der Waals surface area (Å²) < 4.78 is 120. The van der Waals surface area contributed by atoms with Gasteiger partial charge in [-0.05, 0) is 6.92 Å². The predicted molar refractivity (Wildman–Crippen MR) is 32.6 cm³/mol. The Morgan fingerprint density at radius 2 is 0.882 bits per heavy atom. The van der Waals surface area contributed by atoms with Crippen LogP contribution in [0.5, 0.6) is 0 Å². The van der Waals surface area contributed by atoms with Gasteiger partial charge in [-0.25, -0.2) is 0 Å². The first-order chi connectivity index (χ1) is 7.00. The quantitative estimate of drug-likeness (QED) is 0.771. The maximum absolute atomic E-state index is 12.5. The van der Waals surface area contributed by atoms with Gasteiger partial charge in [-0.2, -0.15) is 43.9 Å². The summed E-state index contributed by atoms with van der Waals surface area (Å²) in [6, 6.07) is 0. The molecule has 1 N–H and O–H groups in total. The fraction of sp³-hybridized carbons (Fsp3) is 1.00. The molecular weight excluding hydrogens is 278 g/mol. The van der Waals surface area contributed by atoms with Crippen molar-refractivity contribution in [2.45, 2.75) is 36.7 Å². The molecule has 0 aliphatic carbocycles. The van der Waals surface area contributed by atoms with E-state index in [-0.39, 0.29) is 0 Å². The maximum Gasteiger partial charge on any atom is 0.460 e. The highest BCUT2D eigenvalue weighted by molar-refractivity contribution is 5.06. The van der Waals surface area contributed by atoms with E-state index in [0.717, 1.165) is 0 Å². The second-order valence-corrected chi connectivity index (χ2v) is 3.22. The highest BCUT2D eigenvalue weighted by Gasteiger charge is 2.83. The number of aliphatic hydroxyl groups is 1. The van der Waals surface area contributed by atoms with Gasteiger partial charge < -0.3 is 5.11 Å². The van der Waals surface area contributed by atoms with Crippen molar-refractivity contribution in [3.63, 3.8) is 0 Å².